The van der Waals surface area contributed by atoms with Crippen molar-refractivity contribution in [1.29, 1.82) is 0 Å². The maximum absolute atomic E-state index is 13.4. The van der Waals surface area contributed by atoms with E-state index in [0.717, 1.165) is 36.8 Å². The zero-order chi connectivity index (χ0) is 23.0. The molecule has 0 radical (unpaired) electrons. The third-order valence-electron chi connectivity index (χ3n) is 7.38. The summed E-state index contributed by atoms with van der Waals surface area (Å²) < 4.78 is 0. The molecular weight excluding hydrogens is 457 g/mol. The first kappa shape index (κ1) is 22.7. The Morgan fingerprint density at radius 1 is 0.939 bits per heavy atom. The number of halogens is 2. The standard InChI is InChI=1S/C26H29Cl2N3O2/c27-18-5-1-16(2-6-18)13-23(24(32)30-22-14-20-9-10-21(15-22)29-20)31-25(33)26(11-12-26)17-3-7-19(28)8-4-17/h1-8,20-23,29H,9-15H2,(H,30,32)(H,31,33)/t20-,21+,22?,23-/m1/s1. The molecule has 0 aromatic heterocycles. The molecule has 2 saturated heterocycles. The van der Waals surface area contributed by atoms with Crippen molar-refractivity contribution in [2.24, 2.45) is 0 Å². The highest BCUT2D eigenvalue weighted by Crippen LogP contribution is 2.48. The molecule has 1 unspecified atom stereocenters. The van der Waals surface area contributed by atoms with Crippen LogP contribution in [-0.2, 0) is 21.4 Å². The molecule has 4 atom stereocenters. The first-order valence-electron chi connectivity index (χ1n) is 11.8. The summed E-state index contributed by atoms with van der Waals surface area (Å²) in [6.45, 7) is 0. The molecule has 1 saturated carbocycles. The maximum atomic E-state index is 13.4. The highest BCUT2D eigenvalue weighted by molar-refractivity contribution is 6.30. The molecule has 3 fully saturated rings. The Labute approximate surface area is 204 Å². The molecule has 2 heterocycles. The molecule has 33 heavy (non-hydrogen) atoms. The lowest BCUT2D eigenvalue weighted by atomic mass is 9.94. The van der Waals surface area contributed by atoms with E-state index in [1.165, 1.54) is 12.8 Å². The minimum atomic E-state index is -0.643. The molecule has 5 nitrogen and oxygen atoms in total. The number of hydrogen-bond donors (Lipinski definition) is 3. The van der Waals surface area contributed by atoms with Gasteiger partial charge in [-0.1, -0.05) is 47.5 Å². The first-order chi connectivity index (χ1) is 15.9. The van der Waals surface area contributed by atoms with Gasteiger partial charge in [-0.15, -0.1) is 0 Å². The average molecular weight is 486 g/mol. The zero-order valence-corrected chi connectivity index (χ0v) is 20.0. The van der Waals surface area contributed by atoms with Crippen LogP contribution in [0.1, 0.15) is 49.7 Å². The summed E-state index contributed by atoms with van der Waals surface area (Å²) in [5.74, 6) is -0.208. The van der Waals surface area contributed by atoms with Crippen LogP contribution in [-0.4, -0.2) is 36.0 Å². The Bertz CT molecular complexity index is 1010. The summed E-state index contributed by atoms with van der Waals surface area (Å²) in [5, 5.41) is 11.2. The van der Waals surface area contributed by atoms with Crippen LogP contribution >= 0.6 is 23.2 Å². The second kappa shape index (κ2) is 9.28. The van der Waals surface area contributed by atoms with Crippen molar-refractivity contribution in [2.75, 3.05) is 0 Å². The summed E-state index contributed by atoms with van der Waals surface area (Å²) >= 11 is 12.1. The summed E-state index contributed by atoms with van der Waals surface area (Å²) in [6.07, 6.45) is 6.19. The van der Waals surface area contributed by atoms with Crippen LogP contribution in [0.25, 0.3) is 0 Å². The van der Waals surface area contributed by atoms with E-state index < -0.39 is 11.5 Å². The number of nitrogens with one attached hydrogen (secondary N) is 3. The van der Waals surface area contributed by atoms with E-state index in [2.05, 4.69) is 16.0 Å². The molecular formula is C26H29Cl2N3O2. The van der Waals surface area contributed by atoms with Gasteiger partial charge in [0.05, 0.1) is 5.41 Å². The number of carbonyl (C=O) groups is 2. The highest BCUT2D eigenvalue weighted by Gasteiger charge is 2.52. The number of piperidine rings is 1. The van der Waals surface area contributed by atoms with E-state index in [0.29, 0.717) is 28.5 Å². The summed E-state index contributed by atoms with van der Waals surface area (Å²) in [4.78, 5) is 26.8. The third kappa shape index (κ3) is 5.06. The predicted octanol–water partition coefficient (Wildman–Crippen LogP) is 4.15. The van der Waals surface area contributed by atoms with Gasteiger partial charge in [0.2, 0.25) is 11.8 Å². The fourth-order valence-electron chi connectivity index (χ4n) is 5.38. The van der Waals surface area contributed by atoms with Crippen molar-refractivity contribution in [1.82, 2.24) is 16.0 Å². The smallest absolute Gasteiger partial charge is 0.243 e. The van der Waals surface area contributed by atoms with Gasteiger partial charge >= 0.3 is 0 Å². The minimum absolute atomic E-state index is 0.0932. The predicted molar refractivity (Wildman–Crippen MR) is 131 cm³/mol. The van der Waals surface area contributed by atoms with Crippen molar-refractivity contribution in [2.45, 2.75) is 74.5 Å². The lowest BCUT2D eigenvalue weighted by Gasteiger charge is -2.31. The van der Waals surface area contributed by atoms with Crippen LogP contribution in [0.2, 0.25) is 10.0 Å². The number of hydrogen-bond acceptors (Lipinski definition) is 3. The van der Waals surface area contributed by atoms with Crippen molar-refractivity contribution < 1.29 is 9.59 Å². The normalized spacial score (nSPS) is 25.8. The molecule has 5 rings (SSSR count). The Morgan fingerprint density at radius 2 is 1.52 bits per heavy atom. The molecule has 3 aliphatic rings. The second-order valence-electron chi connectivity index (χ2n) is 9.76. The van der Waals surface area contributed by atoms with Crippen LogP contribution in [0.3, 0.4) is 0 Å². The number of carbonyl (C=O) groups excluding carboxylic acids is 2. The summed E-state index contributed by atoms with van der Waals surface area (Å²) in [5.41, 5.74) is 1.34. The van der Waals surface area contributed by atoms with E-state index in [4.69, 9.17) is 23.2 Å². The molecule has 2 aliphatic heterocycles. The second-order valence-corrected chi connectivity index (χ2v) is 10.6. The van der Waals surface area contributed by atoms with Gasteiger partial charge in [0.15, 0.2) is 0 Å². The number of fused-ring (bicyclic) bond motifs is 2. The molecule has 174 valence electrons. The van der Waals surface area contributed by atoms with Crippen LogP contribution in [0.4, 0.5) is 0 Å². The molecule has 1 aliphatic carbocycles. The molecule has 2 bridgehead atoms. The Balaban J connectivity index is 1.32. The van der Waals surface area contributed by atoms with Gasteiger partial charge in [0.1, 0.15) is 6.04 Å². The van der Waals surface area contributed by atoms with Crippen LogP contribution < -0.4 is 16.0 Å². The average Bonchev–Trinajstić information content (AvgIpc) is 3.54. The quantitative estimate of drug-likeness (QED) is 0.551. The van der Waals surface area contributed by atoms with Gasteiger partial charge < -0.3 is 16.0 Å². The zero-order valence-electron chi connectivity index (χ0n) is 18.5. The number of rotatable bonds is 7. The van der Waals surface area contributed by atoms with Gasteiger partial charge in [-0.3, -0.25) is 9.59 Å². The molecule has 3 N–H and O–H groups in total. The molecule has 2 amide bonds. The lowest BCUT2D eigenvalue weighted by Crippen LogP contribution is -2.55. The third-order valence-corrected chi connectivity index (χ3v) is 7.88. The van der Waals surface area contributed by atoms with E-state index in [1.807, 2.05) is 48.5 Å². The SMILES string of the molecule is O=C(NC1C[C@H]2CC[C@@H](C1)N2)[C@@H](Cc1ccc(Cl)cc1)NC(=O)C1(c2ccc(Cl)cc2)CC1. The van der Waals surface area contributed by atoms with E-state index in [1.54, 1.807) is 0 Å². The minimum Gasteiger partial charge on any atom is -0.351 e. The van der Waals surface area contributed by atoms with Crippen LogP contribution in [0.5, 0.6) is 0 Å². The number of amides is 2. The van der Waals surface area contributed by atoms with Gasteiger partial charge in [-0.2, -0.15) is 0 Å². The fraction of sp³-hybridized carbons (Fsp3) is 0.462. The highest BCUT2D eigenvalue weighted by atomic mass is 35.5. The lowest BCUT2D eigenvalue weighted by molar-refractivity contribution is -0.130. The van der Waals surface area contributed by atoms with E-state index in [-0.39, 0.29) is 17.9 Å². The monoisotopic (exact) mass is 485 g/mol. The van der Waals surface area contributed by atoms with E-state index >= 15 is 0 Å². The van der Waals surface area contributed by atoms with Gasteiger partial charge in [0, 0.05) is 34.6 Å². The summed E-state index contributed by atoms with van der Waals surface area (Å²) in [6, 6.07) is 15.4. The molecule has 0 spiro atoms. The van der Waals surface area contributed by atoms with Crippen LogP contribution in [0, 0.1) is 0 Å². The van der Waals surface area contributed by atoms with Crippen molar-refractivity contribution in [3.05, 3.63) is 69.7 Å². The van der Waals surface area contributed by atoms with Crippen molar-refractivity contribution in [3.8, 4) is 0 Å². The number of benzene rings is 2. The first-order valence-corrected chi connectivity index (χ1v) is 12.5. The van der Waals surface area contributed by atoms with Gasteiger partial charge in [-0.25, -0.2) is 0 Å². The Morgan fingerprint density at radius 3 is 2.09 bits per heavy atom. The Hall–Kier alpha value is -2.08. The van der Waals surface area contributed by atoms with Crippen molar-refractivity contribution in [3.63, 3.8) is 0 Å². The maximum Gasteiger partial charge on any atom is 0.243 e. The molecule has 2 aromatic carbocycles. The van der Waals surface area contributed by atoms with E-state index in [9.17, 15) is 9.59 Å². The summed E-state index contributed by atoms with van der Waals surface area (Å²) in [7, 11) is 0. The van der Waals surface area contributed by atoms with Gasteiger partial charge in [0.25, 0.3) is 0 Å². The van der Waals surface area contributed by atoms with Crippen molar-refractivity contribution >= 4 is 35.0 Å². The largest absolute Gasteiger partial charge is 0.351 e. The van der Waals surface area contributed by atoms with Gasteiger partial charge in [-0.05, 0) is 73.9 Å². The molecule has 2 aromatic rings. The Kier molecular flexibility index (Phi) is 6.39. The topological polar surface area (TPSA) is 70.2 Å². The fourth-order valence-corrected chi connectivity index (χ4v) is 5.63. The van der Waals surface area contributed by atoms with Crippen LogP contribution in [0.15, 0.2) is 48.5 Å². The molecule has 7 heteroatoms.